The molecule has 0 saturated heterocycles. The van der Waals surface area contributed by atoms with E-state index in [1.165, 1.54) is 12.1 Å². The highest BCUT2D eigenvalue weighted by molar-refractivity contribution is 9.11. The van der Waals surface area contributed by atoms with Gasteiger partial charge in [0.05, 0.1) is 20.1 Å². The van der Waals surface area contributed by atoms with Gasteiger partial charge in [0.2, 0.25) is 0 Å². The normalized spacial score (nSPS) is 11.1. The minimum absolute atomic E-state index is 0.0113. The third kappa shape index (κ3) is 3.12. The van der Waals surface area contributed by atoms with Gasteiger partial charge in [-0.1, -0.05) is 11.6 Å². The molecule has 0 aliphatic heterocycles. The maximum atomic E-state index is 13.2. The van der Waals surface area contributed by atoms with Crippen LogP contribution in [-0.2, 0) is 10.0 Å². The fraction of sp³-hybridized carbons (Fsp3) is 0. The first-order chi connectivity index (χ1) is 9.33. The molecule has 0 saturated carbocycles. The van der Waals surface area contributed by atoms with Gasteiger partial charge in [-0.3, -0.25) is 4.72 Å². The summed E-state index contributed by atoms with van der Waals surface area (Å²) in [4.78, 5) is 0. The SMILES string of the molecule is N#Cc1cc(NS(=O)(=O)c2cc(Cl)c(Br)s2)ccc1F. The average molecular weight is 396 g/mol. The van der Waals surface area contributed by atoms with Crippen molar-refractivity contribution < 1.29 is 12.8 Å². The Balaban J connectivity index is 2.36. The van der Waals surface area contributed by atoms with Crippen LogP contribution in [0, 0.1) is 17.1 Å². The second kappa shape index (κ2) is 5.69. The van der Waals surface area contributed by atoms with Gasteiger partial charge in [-0.2, -0.15) is 5.26 Å². The molecule has 0 unspecified atom stereocenters. The van der Waals surface area contributed by atoms with Crippen LogP contribution >= 0.6 is 38.9 Å². The topological polar surface area (TPSA) is 70.0 Å². The molecule has 104 valence electrons. The number of nitrogens with zero attached hydrogens (tertiary/aromatic N) is 1. The number of benzene rings is 1. The molecule has 0 amide bonds. The number of nitriles is 1. The molecule has 0 aliphatic carbocycles. The van der Waals surface area contributed by atoms with Crippen molar-refractivity contribution in [2.45, 2.75) is 4.21 Å². The Bertz CT molecular complexity index is 795. The van der Waals surface area contributed by atoms with Crippen LogP contribution in [0.25, 0.3) is 0 Å². The van der Waals surface area contributed by atoms with E-state index >= 15 is 0 Å². The first-order valence-corrected chi connectivity index (χ1v) is 8.48. The molecule has 0 bridgehead atoms. The molecule has 20 heavy (non-hydrogen) atoms. The van der Waals surface area contributed by atoms with Crippen molar-refractivity contribution in [3.05, 3.63) is 44.5 Å². The quantitative estimate of drug-likeness (QED) is 0.854. The van der Waals surface area contributed by atoms with Crippen molar-refractivity contribution in [1.29, 1.82) is 5.26 Å². The molecule has 1 aromatic carbocycles. The molecule has 4 nitrogen and oxygen atoms in total. The predicted molar refractivity (Wildman–Crippen MR) is 79.0 cm³/mol. The standard InChI is InChI=1S/C11H5BrClFN2O2S2/c12-11-8(13)4-10(19-11)20(17,18)16-7-1-2-9(14)6(3-7)5-15/h1-4,16H. The van der Waals surface area contributed by atoms with Crippen LogP contribution in [0.3, 0.4) is 0 Å². The molecule has 1 heterocycles. The molecule has 1 N–H and O–H groups in total. The molecule has 0 atom stereocenters. The largest absolute Gasteiger partial charge is 0.279 e. The molecular formula is C11H5BrClFN2O2S2. The minimum Gasteiger partial charge on any atom is -0.279 e. The second-order valence-electron chi connectivity index (χ2n) is 3.60. The monoisotopic (exact) mass is 394 g/mol. The lowest BCUT2D eigenvalue weighted by Gasteiger charge is -2.06. The summed E-state index contributed by atoms with van der Waals surface area (Å²) in [5.41, 5.74) is -0.140. The van der Waals surface area contributed by atoms with E-state index in [4.69, 9.17) is 16.9 Å². The van der Waals surface area contributed by atoms with Gasteiger partial charge in [-0.25, -0.2) is 12.8 Å². The van der Waals surface area contributed by atoms with E-state index in [1.54, 1.807) is 6.07 Å². The summed E-state index contributed by atoms with van der Waals surface area (Å²) in [5.74, 6) is -0.711. The fourth-order valence-corrected chi connectivity index (χ4v) is 4.79. The molecule has 9 heteroatoms. The summed E-state index contributed by atoms with van der Waals surface area (Å²) >= 11 is 9.86. The maximum Gasteiger partial charge on any atom is 0.271 e. The highest BCUT2D eigenvalue weighted by Crippen LogP contribution is 2.35. The van der Waals surface area contributed by atoms with E-state index in [0.29, 0.717) is 3.79 Å². The van der Waals surface area contributed by atoms with E-state index in [1.807, 2.05) is 0 Å². The molecule has 2 aromatic rings. The van der Waals surface area contributed by atoms with E-state index in [2.05, 4.69) is 20.7 Å². The van der Waals surface area contributed by atoms with Crippen LogP contribution in [0.2, 0.25) is 5.02 Å². The van der Waals surface area contributed by atoms with Crippen LogP contribution in [0.4, 0.5) is 10.1 Å². The van der Waals surface area contributed by atoms with Crippen molar-refractivity contribution >= 4 is 54.6 Å². The van der Waals surface area contributed by atoms with Crippen molar-refractivity contribution in [3.63, 3.8) is 0 Å². The number of sulfonamides is 1. The summed E-state index contributed by atoms with van der Waals surface area (Å²) in [5, 5.41) is 8.99. The number of hydrogen-bond acceptors (Lipinski definition) is 4. The lowest BCUT2D eigenvalue weighted by atomic mass is 10.2. The zero-order valence-electron chi connectivity index (χ0n) is 9.52. The van der Waals surface area contributed by atoms with Crippen LogP contribution in [0.5, 0.6) is 0 Å². The molecule has 1 aromatic heterocycles. The Morgan fingerprint density at radius 3 is 2.65 bits per heavy atom. The van der Waals surface area contributed by atoms with Gasteiger partial charge in [0.25, 0.3) is 10.0 Å². The van der Waals surface area contributed by atoms with Crippen molar-refractivity contribution in [1.82, 2.24) is 0 Å². The van der Waals surface area contributed by atoms with Gasteiger partial charge in [-0.15, -0.1) is 11.3 Å². The third-order valence-electron chi connectivity index (χ3n) is 2.23. The number of nitrogens with one attached hydrogen (secondary N) is 1. The lowest BCUT2D eigenvalue weighted by Crippen LogP contribution is -2.11. The highest BCUT2D eigenvalue weighted by Gasteiger charge is 2.19. The van der Waals surface area contributed by atoms with Crippen molar-refractivity contribution in [2.75, 3.05) is 4.72 Å². The summed E-state index contributed by atoms with van der Waals surface area (Å²) in [6, 6.07) is 6.32. The second-order valence-corrected chi connectivity index (χ2v) is 8.29. The van der Waals surface area contributed by atoms with Gasteiger partial charge in [0.1, 0.15) is 16.1 Å². The Morgan fingerprint density at radius 1 is 1.40 bits per heavy atom. The number of thiophene rings is 1. The lowest BCUT2D eigenvalue weighted by molar-refractivity contribution is 0.603. The molecule has 0 aliphatic rings. The first kappa shape index (κ1) is 15.3. The van der Waals surface area contributed by atoms with E-state index < -0.39 is 15.8 Å². The summed E-state index contributed by atoms with van der Waals surface area (Å²) in [6.07, 6.45) is 0. The predicted octanol–water partition coefficient (Wildman–Crippen LogP) is 3.98. The van der Waals surface area contributed by atoms with Gasteiger partial charge in [0, 0.05) is 0 Å². The van der Waals surface area contributed by atoms with Crippen molar-refractivity contribution in [2.24, 2.45) is 0 Å². The van der Waals surface area contributed by atoms with Crippen LogP contribution < -0.4 is 4.72 Å². The van der Waals surface area contributed by atoms with Crippen LogP contribution in [0.15, 0.2) is 32.3 Å². The highest BCUT2D eigenvalue weighted by atomic mass is 79.9. The molecule has 0 spiro atoms. The smallest absolute Gasteiger partial charge is 0.271 e. The number of anilines is 1. The molecule has 0 radical (unpaired) electrons. The van der Waals surface area contributed by atoms with Crippen molar-refractivity contribution in [3.8, 4) is 6.07 Å². The Hall–Kier alpha value is -1.14. The molecular weight excluding hydrogens is 391 g/mol. The maximum absolute atomic E-state index is 13.2. The van der Waals surface area contributed by atoms with Gasteiger partial charge >= 0.3 is 0 Å². The molecule has 2 rings (SSSR count). The van der Waals surface area contributed by atoms with Gasteiger partial charge in [-0.05, 0) is 40.2 Å². The number of rotatable bonds is 3. The summed E-state index contributed by atoms with van der Waals surface area (Å²) in [6.45, 7) is 0. The first-order valence-electron chi connectivity index (χ1n) is 5.01. The Labute approximate surface area is 132 Å². The molecule has 0 fully saturated rings. The zero-order valence-corrected chi connectivity index (χ0v) is 13.5. The number of hydrogen-bond donors (Lipinski definition) is 1. The average Bonchev–Trinajstić information content (AvgIpc) is 2.72. The van der Waals surface area contributed by atoms with Crippen LogP contribution in [0.1, 0.15) is 5.56 Å². The minimum atomic E-state index is -3.83. The van der Waals surface area contributed by atoms with Gasteiger partial charge in [0.15, 0.2) is 0 Å². The van der Waals surface area contributed by atoms with Gasteiger partial charge < -0.3 is 0 Å². The fourth-order valence-electron chi connectivity index (χ4n) is 1.34. The summed E-state index contributed by atoms with van der Waals surface area (Å²) < 4.78 is 40.1. The van der Waals surface area contributed by atoms with E-state index in [0.717, 1.165) is 23.5 Å². The van der Waals surface area contributed by atoms with Crippen LogP contribution in [-0.4, -0.2) is 8.42 Å². The Morgan fingerprint density at radius 2 is 2.10 bits per heavy atom. The summed E-state index contributed by atoms with van der Waals surface area (Å²) in [7, 11) is -3.83. The van der Waals surface area contributed by atoms with E-state index in [-0.39, 0.29) is 20.5 Å². The third-order valence-corrected chi connectivity index (χ3v) is 6.56. The zero-order chi connectivity index (χ0) is 14.9. The number of halogens is 3. The Kier molecular flexibility index (Phi) is 4.34. The van der Waals surface area contributed by atoms with E-state index in [9.17, 15) is 12.8 Å².